The summed E-state index contributed by atoms with van der Waals surface area (Å²) in [6.07, 6.45) is -1.05. The summed E-state index contributed by atoms with van der Waals surface area (Å²) in [5.41, 5.74) is 0.793. The molecule has 1 aromatic carbocycles. The number of benzene rings is 1. The maximum Gasteiger partial charge on any atom is 0.238 e. The largest absolute Gasteiger partial charge is 0.366 e. The van der Waals surface area contributed by atoms with Crippen molar-refractivity contribution >= 4 is 15.7 Å². The molecular formula is C10H14FN3O2S. The molecule has 7 heteroatoms. The highest BCUT2D eigenvalue weighted by Gasteiger charge is 2.18. The Kier molecular flexibility index (Phi) is 3.32. The lowest BCUT2D eigenvalue weighted by Crippen LogP contribution is -2.48. The molecule has 1 atom stereocenters. The minimum atomic E-state index is -3.67. The van der Waals surface area contributed by atoms with Crippen LogP contribution < -0.4 is 15.4 Å². The van der Waals surface area contributed by atoms with E-state index in [0.29, 0.717) is 13.1 Å². The summed E-state index contributed by atoms with van der Waals surface area (Å²) in [4.78, 5) is 1.92. The minimum absolute atomic E-state index is 0.0631. The van der Waals surface area contributed by atoms with Gasteiger partial charge < -0.3 is 4.90 Å². The Balaban J connectivity index is 2.18. The first-order chi connectivity index (χ1) is 7.97. The lowest BCUT2D eigenvalue weighted by molar-refractivity contribution is 0.256. The monoisotopic (exact) mass is 259 g/mol. The van der Waals surface area contributed by atoms with Crippen LogP contribution in [0, 0.1) is 0 Å². The number of sulfonamides is 1. The van der Waals surface area contributed by atoms with E-state index in [0.717, 1.165) is 5.69 Å². The van der Waals surface area contributed by atoms with Gasteiger partial charge in [-0.05, 0) is 24.3 Å². The zero-order valence-corrected chi connectivity index (χ0v) is 9.95. The summed E-state index contributed by atoms with van der Waals surface area (Å²) in [6.45, 7) is 1.52. The summed E-state index contributed by atoms with van der Waals surface area (Å²) < 4.78 is 35.3. The molecule has 0 aliphatic carbocycles. The second kappa shape index (κ2) is 4.59. The van der Waals surface area contributed by atoms with Gasteiger partial charge in [-0.3, -0.25) is 5.32 Å². The predicted octanol–water partition coefficient (Wildman–Crippen LogP) is 0.0392. The van der Waals surface area contributed by atoms with Gasteiger partial charge in [0.05, 0.1) is 11.4 Å². The van der Waals surface area contributed by atoms with Gasteiger partial charge in [-0.2, -0.15) is 0 Å². The van der Waals surface area contributed by atoms with Gasteiger partial charge in [0.1, 0.15) is 0 Å². The molecule has 0 spiro atoms. The first kappa shape index (κ1) is 12.3. The Morgan fingerprint density at radius 2 is 2.00 bits per heavy atom. The summed E-state index contributed by atoms with van der Waals surface area (Å²) in [5.74, 6) is 0. The van der Waals surface area contributed by atoms with Gasteiger partial charge >= 0.3 is 0 Å². The molecule has 1 aromatic rings. The average molecular weight is 259 g/mol. The number of piperazine rings is 1. The maximum atomic E-state index is 13.1. The van der Waals surface area contributed by atoms with E-state index in [2.05, 4.69) is 5.32 Å². The number of nitrogens with zero attached hydrogens (tertiary/aromatic N) is 1. The van der Waals surface area contributed by atoms with Crippen LogP contribution in [0.5, 0.6) is 0 Å². The molecule has 1 aliphatic rings. The van der Waals surface area contributed by atoms with Gasteiger partial charge in [0, 0.05) is 18.8 Å². The normalized spacial score (nSPS) is 21.5. The molecule has 0 bridgehead atoms. The third-order valence-electron chi connectivity index (χ3n) is 2.66. The number of alkyl halides is 1. The Labute approximate surface area is 99.5 Å². The van der Waals surface area contributed by atoms with Gasteiger partial charge in [0.15, 0.2) is 6.30 Å². The molecule has 1 aliphatic heterocycles. The molecule has 94 valence electrons. The molecule has 1 unspecified atom stereocenters. The number of primary sulfonamides is 1. The molecule has 0 saturated carbocycles. The van der Waals surface area contributed by atoms with Crippen LogP contribution in [-0.2, 0) is 10.0 Å². The molecule has 0 amide bonds. The van der Waals surface area contributed by atoms with Crippen molar-refractivity contribution in [3.63, 3.8) is 0 Å². The van der Waals surface area contributed by atoms with Crippen molar-refractivity contribution in [1.82, 2.24) is 5.32 Å². The van der Waals surface area contributed by atoms with Crippen molar-refractivity contribution in [3.8, 4) is 0 Å². The molecule has 0 radical (unpaired) electrons. The van der Waals surface area contributed by atoms with E-state index in [9.17, 15) is 12.8 Å². The first-order valence-electron chi connectivity index (χ1n) is 5.22. The topological polar surface area (TPSA) is 75.4 Å². The third kappa shape index (κ3) is 2.93. The van der Waals surface area contributed by atoms with Gasteiger partial charge in [-0.25, -0.2) is 17.9 Å². The fourth-order valence-electron chi connectivity index (χ4n) is 1.79. The second-order valence-electron chi connectivity index (χ2n) is 3.91. The lowest BCUT2D eigenvalue weighted by Gasteiger charge is -2.31. The van der Waals surface area contributed by atoms with E-state index >= 15 is 0 Å². The Hall–Kier alpha value is -1.18. The number of anilines is 1. The highest BCUT2D eigenvalue weighted by Crippen LogP contribution is 2.18. The molecule has 1 saturated heterocycles. The van der Waals surface area contributed by atoms with Gasteiger partial charge in [0.25, 0.3) is 0 Å². The van der Waals surface area contributed by atoms with Crippen molar-refractivity contribution in [1.29, 1.82) is 0 Å². The van der Waals surface area contributed by atoms with Crippen LogP contribution in [0.25, 0.3) is 0 Å². The summed E-state index contributed by atoms with van der Waals surface area (Å²) in [5, 5.41) is 7.69. The summed E-state index contributed by atoms with van der Waals surface area (Å²) in [7, 11) is -3.67. The quantitative estimate of drug-likeness (QED) is 0.735. The molecule has 17 heavy (non-hydrogen) atoms. The van der Waals surface area contributed by atoms with Crippen LogP contribution in [0.15, 0.2) is 29.2 Å². The van der Waals surface area contributed by atoms with Crippen LogP contribution in [0.2, 0.25) is 0 Å². The van der Waals surface area contributed by atoms with Crippen LogP contribution in [-0.4, -0.2) is 34.3 Å². The zero-order valence-electron chi connectivity index (χ0n) is 9.14. The maximum absolute atomic E-state index is 13.1. The molecule has 5 nitrogen and oxygen atoms in total. The zero-order chi connectivity index (χ0) is 12.5. The molecule has 2 rings (SSSR count). The molecule has 1 fully saturated rings. The number of rotatable bonds is 2. The number of hydrogen-bond donors (Lipinski definition) is 2. The number of nitrogens with two attached hydrogens (primary N) is 1. The third-order valence-corrected chi connectivity index (χ3v) is 3.59. The summed E-state index contributed by atoms with van der Waals surface area (Å²) in [6, 6.07) is 6.13. The molecular weight excluding hydrogens is 245 g/mol. The smallest absolute Gasteiger partial charge is 0.238 e. The molecule has 1 heterocycles. The van der Waals surface area contributed by atoms with Crippen LogP contribution in [0.4, 0.5) is 10.1 Å². The van der Waals surface area contributed by atoms with E-state index < -0.39 is 16.3 Å². The van der Waals surface area contributed by atoms with E-state index in [4.69, 9.17) is 5.14 Å². The minimum Gasteiger partial charge on any atom is -0.366 e. The van der Waals surface area contributed by atoms with Gasteiger partial charge in [-0.1, -0.05) is 0 Å². The van der Waals surface area contributed by atoms with Crippen molar-refractivity contribution in [2.75, 3.05) is 24.5 Å². The van der Waals surface area contributed by atoms with Crippen LogP contribution >= 0.6 is 0 Å². The molecule has 3 N–H and O–H groups in total. The fourth-order valence-corrected chi connectivity index (χ4v) is 2.30. The number of halogens is 1. The van der Waals surface area contributed by atoms with Crippen molar-refractivity contribution in [2.45, 2.75) is 11.2 Å². The van der Waals surface area contributed by atoms with Crippen LogP contribution in [0.1, 0.15) is 0 Å². The second-order valence-corrected chi connectivity index (χ2v) is 5.47. The van der Waals surface area contributed by atoms with Gasteiger partial charge in [-0.15, -0.1) is 0 Å². The first-order valence-corrected chi connectivity index (χ1v) is 6.77. The van der Waals surface area contributed by atoms with E-state index in [1.54, 1.807) is 12.1 Å². The standard InChI is InChI=1S/C10H14FN3O2S/c11-10-7-14(6-5-13-10)8-1-3-9(4-2-8)17(12,15)16/h1-4,10,13H,5-7H2,(H2,12,15,16). The predicted molar refractivity (Wildman–Crippen MR) is 62.9 cm³/mol. The van der Waals surface area contributed by atoms with Crippen molar-refractivity contribution in [3.05, 3.63) is 24.3 Å². The van der Waals surface area contributed by atoms with Crippen molar-refractivity contribution in [2.24, 2.45) is 5.14 Å². The Bertz CT molecular complexity index is 489. The van der Waals surface area contributed by atoms with E-state index in [1.807, 2.05) is 4.90 Å². The number of hydrogen-bond acceptors (Lipinski definition) is 4. The SMILES string of the molecule is NS(=O)(=O)c1ccc(N2CCNC(F)C2)cc1. The number of nitrogens with one attached hydrogen (secondary N) is 1. The Morgan fingerprint density at radius 1 is 1.35 bits per heavy atom. The molecule has 0 aromatic heterocycles. The highest BCUT2D eigenvalue weighted by molar-refractivity contribution is 7.89. The average Bonchev–Trinajstić information content (AvgIpc) is 2.28. The highest BCUT2D eigenvalue weighted by atomic mass is 32.2. The lowest BCUT2D eigenvalue weighted by atomic mass is 10.2. The Morgan fingerprint density at radius 3 is 2.53 bits per heavy atom. The van der Waals surface area contributed by atoms with Crippen molar-refractivity contribution < 1.29 is 12.8 Å². The van der Waals surface area contributed by atoms with E-state index in [-0.39, 0.29) is 11.4 Å². The fraction of sp³-hybridized carbons (Fsp3) is 0.400. The van der Waals surface area contributed by atoms with Gasteiger partial charge in [0.2, 0.25) is 10.0 Å². The summed E-state index contributed by atoms with van der Waals surface area (Å²) >= 11 is 0. The van der Waals surface area contributed by atoms with E-state index in [1.165, 1.54) is 12.1 Å². The van der Waals surface area contributed by atoms with Crippen LogP contribution in [0.3, 0.4) is 0 Å².